The Hall–Kier alpha value is -2.44. The molecule has 0 N–H and O–H groups in total. The fourth-order valence-corrected chi connectivity index (χ4v) is 5.06. The SMILES string of the molecule is CCCCCCCCC#Cc1ccc(C#Cc2ccc([C@H]3CC[C@H](CCCC)CC3)cc2)cc1. The molecule has 0 heterocycles. The first-order valence-corrected chi connectivity index (χ1v) is 14.0. The second-order valence-electron chi connectivity index (χ2n) is 10.1. The molecule has 0 spiro atoms. The maximum Gasteiger partial charge on any atom is 0.0249 e. The Morgan fingerprint density at radius 2 is 1.12 bits per heavy atom. The highest BCUT2D eigenvalue weighted by Crippen LogP contribution is 2.37. The van der Waals surface area contributed by atoms with Crippen molar-refractivity contribution in [1.29, 1.82) is 0 Å². The molecule has 0 heteroatoms. The fraction of sp³-hybridized carbons (Fsp3) is 0.529. The third kappa shape index (κ3) is 9.43. The predicted molar refractivity (Wildman–Crippen MR) is 148 cm³/mol. The molecule has 3 rings (SSSR count). The van der Waals surface area contributed by atoms with Gasteiger partial charge in [-0.15, -0.1) is 0 Å². The Morgan fingerprint density at radius 1 is 0.588 bits per heavy atom. The largest absolute Gasteiger partial charge is 0.0979 e. The zero-order chi connectivity index (χ0) is 23.8. The first-order chi connectivity index (χ1) is 16.8. The molecular weight excluding hydrogens is 408 g/mol. The van der Waals surface area contributed by atoms with Gasteiger partial charge in [0.25, 0.3) is 0 Å². The lowest BCUT2D eigenvalue weighted by atomic mass is 9.77. The minimum Gasteiger partial charge on any atom is -0.0979 e. The number of benzene rings is 2. The highest BCUT2D eigenvalue weighted by molar-refractivity contribution is 5.46. The van der Waals surface area contributed by atoms with Gasteiger partial charge < -0.3 is 0 Å². The van der Waals surface area contributed by atoms with Crippen LogP contribution >= 0.6 is 0 Å². The summed E-state index contributed by atoms with van der Waals surface area (Å²) in [5, 5.41) is 0. The van der Waals surface area contributed by atoms with Crippen LogP contribution in [0.4, 0.5) is 0 Å². The van der Waals surface area contributed by atoms with Crippen molar-refractivity contribution in [2.45, 2.75) is 110 Å². The molecule has 34 heavy (non-hydrogen) atoms. The molecule has 0 nitrogen and oxygen atoms in total. The first-order valence-electron chi connectivity index (χ1n) is 14.0. The number of hydrogen-bond acceptors (Lipinski definition) is 0. The van der Waals surface area contributed by atoms with Gasteiger partial charge in [-0.3, -0.25) is 0 Å². The Labute approximate surface area is 210 Å². The van der Waals surface area contributed by atoms with E-state index in [9.17, 15) is 0 Å². The molecule has 180 valence electrons. The standard InChI is InChI=1S/C34H44/c1-3-5-7-8-9-10-11-12-14-30-15-17-31(18-16-30)19-20-32-23-27-34(28-24-32)33-25-21-29(22-26-33)13-6-4-2/h15-18,23-24,27-29,33H,3-11,13,21-22,25-26H2,1-2H3/t29-,33-. The van der Waals surface area contributed by atoms with Crippen molar-refractivity contribution in [3.8, 4) is 23.7 Å². The molecule has 1 saturated carbocycles. The van der Waals surface area contributed by atoms with Crippen LogP contribution in [0.2, 0.25) is 0 Å². The van der Waals surface area contributed by atoms with E-state index >= 15 is 0 Å². The van der Waals surface area contributed by atoms with Crippen molar-refractivity contribution >= 4 is 0 Å². The van der Waals surface area contributed by atoms with Gasteiger partial charge in [-0.25, -0.2) is 0 Å². The molecular formula is C34H44. The molecule has 0 radical (unpaired) electrons. The smallest absolute Gasteiger partial charge is 0.0249 e. The van der Waals surface area contributed by atoms with Crippen molar-refractivity contribution in [2.24, 2.45) is 5.92 Å². The van der Waals surface area contributed by atoms with E-state index in [1.165, 1.54) is 89.0 Å². The number of hydrogen-bond donors (Lipinski definition) is 0. The average molecular weight is 453 g/mol. The minimum absolute atomic E-state index is 0.745. The second kappa shape index (κ2) is 15.5. The van der Waals surface area contributed by atoms with Crippen LogP contribution in [0, 0.1) is 29.6 Å². The van der Waals surface area contributed by atoms with Crippen molar-refractivity contribution in [3.05, 3.63) is 70.8 Å². The van der Waals surface area contributed by atoms with Crippen molar-refractivity contribution < 1.29 is 0 Å². The first kappa shape index (κ1) is 26.2. The van der Waals surface area contributed by atoms with Gasteiger partial charge >= 0.3 is 0 Å². The molecule has 0 amide bonds. The Morgan fingerprint density at radius 3 is 1.74 bits per heavy atom. The molecule has 0 unspecified atom stereocenters. The van der Waals surface area contributed by atoms with Gasteiger partial charge in [0, 0.05) is 23.1 Å². The zero-order valence-electron chi connectivity index (χ0n) is 21.7. The van der Waals surface area contributed by atoms with Crippen LogP contribution in [0.15, 0.2) is 48.5 Å². The lowest BCUT2D eigenvalue weighted by Crippen LogP contribution is -2.13. The molecule has 0 bridgehead atoms. The van der Waals surface area contributed by atoms with Crippen molar-refractivity contribution in [3.63, 3.8) is 0 Å². The maximum atomic E-state index is 3.34. The van der Waals surface area contributed by atoms with Crippen molar-refractivity contribution in [2.75, 3.05) is 0 Å². The van der Waals surface area contributed by atoms with Gasteiger partial charge in [0.1, 0.15) is 0 Å². The highest BCUT2D eigenvalue weighted by atomic mass is 14.3. The van der Waals surface area contributed by atoms with Crippen LogP contribution in [0.5, 0.6) is 0 Å². The summed E-state index contributed by atoms with van der Waals surface area (Å²) in [6.45, 7) is 4.57. The minimum atomic E-state index is 0.745. The summed E-state index contributed by atoms with van der Waals surface area (Å²) in [6.07, 6.45) is 18.6. The van der Waals surface area contributed by atoms with Gasteiger partial charge in [-0.05, 0) is 85.9 Å². The Bertz CT molecular complexity index is 932. The molecule has 0 aliphatic heterocycles. The summed E-state index contributed by atoms with van der Waals surface area (Å²) in [7, 11) is 0. The third-order valence-corrected chi connectivity index (χ3v) is 7.32. The summed E-state index contributed by atoms with van der Waals surface area (Å²) in [5.41, 5.74) is 4.74. The summed E-state index contributed by atoms with van der Waals surface area (Å²) >= 11 is 0. The monoisotopic (exact) mass is 452 g/mol. The van der Waals surface area contributed by atoms with E-state index in [4.69, 9.17) is 0 Å². The van der Waals surface area contributed by atoms with E-state index in [1.54, 1.807) is 0 Å². The van der Waals surface area contributed by atoms with Crippen molar-refractivity contribution in [1.82, 2.24) is 0 Å². The van der Waals surface area contributed by atoms with Crippen LogP contribution in [0.1, 0.15) is 132 Å². The van der Waals surface area contributed by atoms with Crippen LogP contribution in [-0.2, 0) is 0 Å². The molecule has 0 atom stereocenters. The highest BCUT2D eigenvalue weighted by Gasteiger charge is 2.21. The van der Waals surface area contributed by atoms with Gasteiger partial charge in [-0.1, -0.05) is 101 Å². The topological polar surface area (TPSA) is 0 Å². The quantitative estimate of drug-likeness (QED) is 0.248. The van der Waals surface area contributed by atoms with Gasteiger partial charge in [-0.2, -0.15) is 0 Å². The normalized spacial score (nSPS) is 17.4. The van der Waals surface area contributed by atoms with Crippen LogP contribution < -0.4 is 0 Å². The van der Waals surface area contributed by atoms with E-state index < -0.39 is 0 Å². The maximum absolute atomic E-state index is 3.34. The lowest BCUT2D eigenvalue weighted by molar-refractivity contribution is 0.304. The molecule has 2 aromatic carbocycles. The van der Waals surface area contributed by atoms with Gasteiger partial charge in [0.2, 0.25) is 0 Å². The average Bonchev–Trinajstić information content (AvgIpc) is 2.89. The molecule has 0 saturated heterocycles. The molecule has 1 aliphatic rings. The zero-order valence-corrected chi connectivity index (χ0v) is 21.7. The van der Waals surface area contributed by atoms with E-state index in [-0.39, 0.29) is 0 Å². The summed E-state index contributed by atoms with van der Waals surface area (Å²) in [4.78, 5) is 0. The van der Waals surface area contributed by atoms with Crippen LogP contribution in [0.3, 0.4) is 0 Å². The van der Waals surface area contributed by atoms with Crippen LogP contribution in [0.25, 0.3) is 0 Å². The van der Waals surface area contributed by atoms with E-state index in [1.807, 2.05) is 0 Å². The van der Waals surface area contributed by atoms with Gasteiger partial charge in [0.15, 0.2) is 0 Å². The molecule has 1 aliphatic carbocycles. The number of rotatable bonds is 10. The van der Waals surface area contributed by atoms with Crippen LogP contribution in [-0.4, -0.2) is 0 Å². The second-order valence-corrected chi connectivity index (χ2v) is 10.1. The molecule has 1 fully saturated rings. The van der Waals surface area contributed by atoms with E-state index in [0.29, 0.717) is 0 Å². The Balaban J connectivity index is 1.43. The lowest BCUT2D eigenvalue weighted by Gasteiger charge is -2.28. The number of unbranched alkanes of at least 4 members (excludes halogenated alkanes) is 7. The van der Waals surface area contributed by atoms with E-state index in [0.717, 1.165) is 34.9 Å². The molecule has 0 aromatic heterocycles. The molecule has 2 aromatic rings. The summed E-state index contributed by atoms with van der Waals surface area (Å²) < 4.78 is 0. The predicted octanol–water partition coefficient (Wildman–Crippen LogP) is 9.65. The van der Waals surface area contributed by atoms with E-state index in [2.05, 4.69) is 86.1 Å². The summed E-state index contributed by atoms with van der Waals surface area (Å²) in [5.74, 6) is 15.0. The Kier molecular flexibility index (Phi) is 11.9. The third-order valence-electron chi connectivity index (χ3n) is 7.32. The summed E-state index contributed by atoms with van der Waals surface area (Å²) in [6, 6.07) is 17.4. The fourth-order valence-electron chi connectivity index (χ4n) is 5.06. The van der Waals surface area contributed by atoms with Gasteiger partial charge in [0.05, 0.1) is 0 Å².